The average molecular weight is 276 g/mol. The minimum Gasteiger partial charge on any atom is -0.374 e. The highest BCUT2D eigenvalue weighted by Gasteiger charge is 2.35. The van der Waals surface area contributed by atoms with Crippen LogP contribution >= 0.6 is 12.2 Å². The lowest BCUT2D eigenvalue weighted by molar-refractivity contribution is -0.0628. The summed E-state index contributed by atoms with van der Waals surface area (Å²) in [6.45, 7) is 1.69. The van der Waals surface area contributed by atoms with Gasteiger partial charge in [-0.3, -0.25) is 0 Å². The van der Waals surface area contributed by atoms with Crippen LogP contribution in [0.2, 0.25) is 0 Å². The molecular formula is C15H20N2OS. The van der Waals surface area contributed by atoms with Gasteiger partial charge in [0, 0.05) is 12.2 Å². The summed E-state index contributed by atoms with van der Waals surface area (Å²) in [5.41, 5.74) is 1.06. The Morgan fingerprint density at radius 2 is 2.00 bits per heavy atom. The molecule has 1 aliphatic heterocycles. The molecule has 19 heavy (non-hydrogen) atoms. The minimum absolute atomic E-state index is 0.373. The van der Waals surface area contributed by atoms with Crippen molar-refractivity contribution in [1.82, 2.24) is 4.90 Å². The van der Waals surface area contributed by atoms with E-state index in [1.807, 2.05) is 30.3 Å². The van der Waals surface area contributed by atoms with Crippen LogP contribution in [0, 0.1) is 0 Å². The van der Waals surface area contributed by atoms with E-state index >= 15 is 0 Å². The molecule has 2 atom stereocenters. The largest absolute Gasteiger partial charge is 0.374 e. The molecule has 2 fully saturated rings. The first-order chi connectivity index (χ1) is 9.34. The third-order valence-electron chi connectivity index (χ3n) is 4.02. The van der Waals surface area contributed by atoms with Crippen LogP contribution in [0.4, 0.5) is 5.69 Å². The third-order valence-corrected chi connectivity index (χ3v) is 4.35. The van der Waals surface area contributed by atoms with Crippen molar-refractivity contribution in [1.29, 1.82) is 0 Å². The Morgan fingerprint density at radius 1 is 1.21 bits per heavy atom. The predicted octanol–water partition coefficient (Wildman–Crippen LogP) is 3.03. The molecule has 1 N–H and O–H groups in total. The molecule has 0 amide bonds. The van der Waals surface area contributed by atoms with E-state index in [1.165, 1.54) is 25.7 Å². The summed E-state index contributed by atoms with van der Waals surface area (Å²) < 4.78 is 5.88. The van der Waals surface area contributed by atoms with E-state index < -0.39 is 0 Å². The van der Waals surface area contributed by atoms with Gasteiger partial charge in [-0.25, -0.2) is 0 Å². The molecular weight excluding hydrogens is 256 g/mol. The average Bonchev–Trinajstić information content (AvgIpc) is 2.47. The highest BCUT2D eigenvalue weighted by molar-refractivity contribution is 7.80. The van der Waals surface area contributed by atoms with E-state index in [0.29, 0.717) is 12.1 Å². The van der Waals surface area contributed by atoms with Gasteiger partial charge in [-0.1, -0.05) is 31.0 Å². The first kappa shape index (κ1) is 12.9. The maximum absolute atomic E-state index is 5.88. The highest BCUT2D eigenvalue weighted by Crippen LogP contribution is 2.28. The van der Waals surface area contributed by atoms with Crippen molar-refractivity contribution in [3.63, 3.8) is 0 Å². The molecule has 2 aliphatic rings. The minimum atomic E-state index is 0.373. The molecule has 1 saturated heterocycles. The molecule has 1 aliphatic carbocycles. The van der Waals surface area contributed by atoms with E-state index in [4.69, 9.17) is 17.0 Å². The Morgan fingerprint density at radius 3 is 2.84 bits per heavy atom. The van der Waals surface area contributed by atoms with Gasteiger partial charge in [0.05, 0.1) is 18.8 Å². The lowest BCUT2D eigenvalue weighted by Gasteiger charge is -2.45. The molecule has 3 nitrogen and oxygen atoms in total. The Labute approximate surface area is 119 Å². The van der Waals surface area contributed by atoms with Gasteiger partial charge in [0.2, 0.25) is 0 Å². The van der Waals surface area contributed by atoms with Crippen LogP contribution in [0.5, 0.6) is 0 Å². The maximum Gasteiger partial charge on any atom is 0.173 e. The van der Waals surface area contributed by atoms with Gasteiger partial charge < -0.3 is 15.0 Å². The second kappa shape index (κ2) is 5.88. The molecule has 1 aromatic carbocycles. The summed E-state index contributed by atoms with van der Waals surface area (Å²) in [6.07, 6.45) is 5.32. The van der Waals surface area contributed by atoms with Crippen molar-refractivity contribution in [2.24, 2.45) is 0 Å². The zero-order valence-electron chi connectivity index (χ0n) is 11.0. The number of hydrogen-bond acceptors (Lipinski definition) is 2. The van der Waals surface area contributed by atoms with E-state index in [0.717, 1.165) is 24.0 Å². The Balaban J connectivity index is 1.68. The molecule has 3 rings (SSSR count). The number of fused-ring (bicyclic) bond motifs is 1. The lowest BCUT2D eigenvalue weighted by atomic mass is 9.90. The van der Waals surface area contributed by atoms with E-state index in [9.17, 15) is 0 Å². The molecule has 102 valence electrons. The predicted molar refractivity (Wildman–Crippen MR) is 81.4 cm³/mol. The number of benzene rings is 1. The first-order valence-electron chi connectivity index (χ1n) is 7.09. The Kier molecular flexibility index (Phi) is 3.99. The van der Waals surface area contributed by atoms with Crippen LogP contribution in [0.25, 0.3) is 0 Å². The number of rotatable bonds is 1. The molecule has 0 bridgehead atoms. The van der Waals surface area contributed by atoms with Crippen LogP contribution in [0.1, 0.15) is 25.7 Å². The molecule has 0 aromatic heterocycles. The first-order valence-corrected chi connectivity index (χ1v) is 7.50. The summed E-state index contributed by atoms with van der Waals surface area (Å²) in [5, 5.41) is 4.19. The van der Waals surface area contributed by atoms with Crippen molar-refractivity contribution in [3.8, 4) is 0 Å². The van der Waals surface area contributed by atoms with Crippen LogP contribution in [0.3, 0.4) is 0 Å². The van der Waals surface area contributed by atoms with Gasteiger partial charge in [0.25, 0.3) is 0 Å². The molecule has 1 saturated carbocycles. The number of para-hydroxylation sites is 1. The van der Waals surface area contributed by atoms with Gasteiger partial charge >= 0.3 is 0 Å². The van der Waals surface area contributed by atoms with Crippen molar-refractivity contribution in [2.75, 3.05) is 18.5 Å². The quantitative estimate of drug-likeness (QED) is 0.797. The lowest BCUT2D eigenvalue weighted by Crippen LogP contribution is -2.55. The van der Waals surface area contributed by atoms with Crippen LogP contribution in [0.15, 0.2) is 30.3 Å². The maximum atomic E-state index is 5.88. The fourth-order valence-corrected chi connectivity index (χ4v) is 3.41. The van der Waals surface area contributed by atoms with Gasteiger partial charge in [-0.15, -0.1) is 0 Å². The van der Waals surface area contributed by atoms with Crippen molar-refractivity contribution in [3.05, 3.63) is 30.3 Å². The van der Waals surface area contributed by atoms with Gasteiger partial charge in [-0.05, 0) is 37.2 Å². The van der Waals surface area contributed by atoms with Crippen LogP contribution in [-0.4, -0.2) is 35.3 Å². The summed E-state index contributed by atoms with van der Waals surface area (Å²) in [5.74, 6) is 0. The number of nitrogens with one attached hydrogen (secondary N) is 1. The highest BCUT2D eigenvalue weighted by atomic mass is 32.1. The smallest absolute Gasteiger partial charge is 0.173 e. The van der Waals surface area contributed by atoms with E-state index in [1.54, 1.807) is 0 Å². The molecule has 0 spiro atoms. The van der Waals surface area contributed by atoms with Crippen molar-refractivity contribution in [2.45, 2.75) is 37.8 Å². The summed E-state index contributed by atoms with van der Waals surface area (Å²) >= 11 is 5.58. The molecule has 0 radical (unpaired) electrons. The normalized spacial score (nSPS) is 26.6. The van der Waals surface area contributed by atoms with Gasteiger partial charge in [0.15, 0.2) is 5.11 Å². The standard InChI is InChI=1S/C15H20N2OS/c19-15(16-12-6-2-1-3-7-12)17-10-11-18-14-9-5-4-8-13(14)17/h1-3,6-7,13-14H,4-5,8-11H2,(H,16,19). The Hall–Kier alpha value is -1.13. The number of morpholine rings is 1. The number of anilines is 1. The SMILES string of the molecule is S=C(Nc1ccccc1)N1CCOC2CCCCC21. The van der Waals surface area contributed by atoms with Gasteiger partial charge in [0.1, 0.15) is 0 Å². The zero-order valence-corrected chi connectivity index (χ0v) is 11.9. The fraction of sp³-hybridized carbons (Fsp3) is 0.533. The number of thiocarbonyl (C=S) groups is 1. The zero-order chi connectivity index (χ0) is 13.1. The van der Waals surface area contributed by atoms with Crippen molar-refractivity contribution < 1.29 is 4.74 Å². The molecule has 1 aromatic rings. The summed E-state index contributed by atoms with van der Waals surface area (Å²) in [6, 6.07) is 10.6. The second-order valence-corrected chi connectivity index (χ2v) is 5.64. The second-order valence-electron chi connectivity index (χ2n) is 5.25. The topological polar surface area (TPSA) is 24.5 Å². The number of nitrogens with zero attached hydrogens (tertiary/aromatic N) is 1. The monoisotopic (exact) mass is 276 g/mol. The summed E-state index contributed by atoms with van der Waals surface area (Å²) in [7, 11) is 0. The van der Waals surface area contributed by atoms with E-state index in [2.05, 4.69) is 10.2 Å². The summed E-state index contributed by atoms with van der Waals surface area (Å²) in [4.78, 5) is 2.33. The molecule has 1 heterocycles. The Bertz CT molecular complexity index is 435. The third kappa shape index (κ3) is 2.90. The van der Waals surface area contributed by atoms with Gasteiger partial charge in [-0.2, -0.15) is 0 Å². The van der Waals surface area contributed by atoms with Crippen LogP contribution in [-0.2, 0) is 4.74 Å². The molecule has 4 heteroatoms. The fourth-order valence-electron chi connectivity index (χ4n) is 3.07. The number of ether oxygens (including phenoxy) is 1. The van der Waals surface area contributed by atoms with Crippen LogP contribution < -0.4 is 5.32 Å². The van der Waals surface area contributed by atoms with Crippen molar-refractivity contribution >= 4 is 23.0 Å². The molecule has 2 unspecified atom stereocenters. The van der Waals surface area contributed by atoms with E-state index in [-0.39, 0.29) is 0 Å². The number of hydrogen-bond donors (Lipinski definition) is 1.